The number of carbonyl (C=O) groups is 1. The number of carbonyl (C=O) groups excluding carboxylic acids is 1. The van der Waals surface area contributed by atoms with E-state index in [4.69, 9.17) is 13.7 Å². The van der Waals surface area contributed by atoms with Crippen LogP contribution in [-0.2, 0) is 16.1 Å². The highest BCUT2D eigenvalue weighted by molar-refractivity contribution is 5.81. The number of esters is 1. The van der Waals surface area contributed by atoms with E-state index in [1.807, 2.05) is 30.3 Å². The van der Waals surface area contributed by atoms with Crippen LogP contribution >= 0.6 is 0 Å². The van der Waals surface area contributed by atoms with E-state index in [2.05, 4.69) is 5.16 Å². The van der Waals surface area contributed by atoms with Gasteiger partial charge in [-0.2, -0.15) is 0 Å². The number of nitrogens with zero attached hydrogens (tertiary/aromatic N) is 1. The van der Waals surface area contributed by atoms with Crippen molar-refractivity contribution in [1.29, 1.82) is 0 Å². The molecule has 1 aromatic carbocycles. The monoisotopic (exact) mass is 325 g/mol. The average Bonchev–Trinajstić information content (AvgIpc) is 3.32. The van der Waals surface area contributed by atoms with Gasteiger partial charge in [0.05, 0.1) is 0 Å². The maximum absolute atomic E-state index is 11.9. The molecule has 0 amide bonds. The zero-order valence-electron chi connectivity index (χ0n) is 13.4. The number of benzene rings is 1. The number of fused-ring (bicyclic) bond motifs is 1. The maximum Gasteiger partial charge on any atom is 0.306 e. The van der Waals surface area contributed by atoms with Crippen LogP contribution in [-0.4, -0.2) is 11.1 Å². The minimum Gasteiger partial charge on any atom is -0.459 e. The Morgan fingerprint density at radius 3 is 2.83 bits per heavy atom. The number of para-hydroxylation sites is 1. The Kier molecular flexibility index (Phi) is 4.07. The first-order chi connectivity index (χ1) is 11.8. The molecular weight excluding hydrogens is 306 g/mol. The number of aromatic nitrogens is 1. The van der Waals surface area contributed by atoms with Gasteiger partial charge in [-0.25, -0.2) is 0 Å². The molecule has 1 aliphatic rings. The molecular formula is C19H19NO4. The van der Waals surface area contributed by atoms with Gasteiger partial charge in [0.15, 0.2) is 5.76 Å². The summed E-state index contributed by atoms with van der Waals surface area (Å²) in [5, 5.41) is 4.96. The van der Waals surface area contributed by atoms with E-state index in [0.29, 0.717) is 29.6 Å². The van der Waals surface area contributed by atoms with Gasteiger partial charge in [0.1, 0.15) is 17.9 Å². The van der Waals surface area contributed by atoms with Crippen LogP contribution in [0.2, 0.25) is 0 Å². The van der Waals surface area contributed by atoms with Crippen LogP contribution in [0.4, 0.5) is 0 Å². The van der Waals surface area contributed by atoms with Crippen molar-refractivity contribution >= 4 is 16.9 Å². The lowest BCUT2D eigenvalue weighted by atomic mass is 10.0. The lowest BCUT2D eigenvalue weighted by molar-refractivity contribution is -0.146. The second-order valence-corrected chi connectivity index (χ2v) is 6.35. The molecule has 2 aromatic heterocycles. The molecule has 0 atom stereocenters. The molecule has 4 rings (SSSR count). The highest BCUT2D eigenvalue weighted by Crippen LogP contribution is 2.29. The first kappa shape index (κ1) is 15.0. The van der Waals surface area contributed by atoms with Crippen molar-refractivity contribution in [3.63, 3.8) is 0 Å². The van der Waals surface area contributed by atoms with E-state index >= 15 is 0 Å². The van der Waals surface area contributed by atoms with Crippen LogP contribution in [0.15, 0.2) is 45.3 Å². The van der Waals surface area contributed by atoms with Gasteiger partial charge in [0, 0.05) is 17.9 Å². The summed E-state index contributed by atoms with van der Waals surface area (Å²) in [5.41, 5.74) is 1.39. The maximum atomic E-state index is 11.9. The first-order valence-electron chi connectivity index (χ1n) is 8.38. The van der Waals surface area contributed by atoms with Crippen molar-refractivity contribution in [1.82, 2.24) is 5.16 Å². The van der Waals surface area contributed by atoms with Crippen LogP contribution in [0.3, 0.4) is 0 Å². The topological polar surface area (TPSA) is 65.5 Å². The molecule has 1 aliphatic carbocycles. The van der Waals surface area contributed by atoms with Gasteiger partial charge in [-0.05, 0) is 30.9 Å². The van der Waals surface area contributed by atoms with E-state index in [9.17, 15) is 4.79 Å². The number of hydrogen-bond donors (Lipinski definition) is 0. The van der Waals surface area contributed by atoms with Crippen LogP contribution in [0.25, 0.3) is 22.5 Å². The van der Waals surface area contributed by atoms with Crippen LogP contribution < -0.4 is 0 Å². The van der Waals surface area contributed by atoms with E-state index in [1.54, 1.807) is 6.07 Å². The van der Waals surface area contributed by atoms with Crippen molar-refractivity contribution in [3.8, 4) is 11.5 Å². The normalized spacial score (nSPS) is 15.2. The fourth-order valence-electron chi connectivity index (χ4n) is 3.26. The fourth-order valence-corrected chi connectivity index (χ4v) is 3.26. The van der Waals surface area contributed by atoms with Crippen molar-refractivity contribution in [3.05, 3.63) is 42.1 Å². The quantitative estimate of drug-likeness (QED) is 0.635. The van der Waals surface area contributed by atoms with Crippen LogP contribution in [0.1, 0.15) is 37.8 Å². The molecule has 0 N–H and O–H groups in total. The Balaban J connectivity index is 1.38. The summed E-state index contributed by atoms with van der Waals surface area (Å²) in [7, 11) is 0. The summed E-state index contributed by atoms with van der Waals surface area (Å²) < 4.78 is 16.4. The van der Waals surface area contributed by atoms with Crippen molar-refractivity contribution in [2.24, 2.45) is 5.92 Å². The second-order valence-electron chi connectivity index (χ2n) is 6.35. The molecule has 1 saturated carbocycles. The highest BCUT2D eigenvalue weighted by Gasteiger charge is 2.20. The van der Waals surface area contributed by atoms with E-state index in [1.165, 1.54) is 12.8 Å². The fraction of sp³-hybridized carbons (Fsp3) is 0.368. The summed E-state index contributed by atoms with van der Waals surface area (Å²) in [6.45, 7) is 0.134. The molecule has 5 heteroatoms. The van der Waals surface area contributed by atoms with Gasteiger partial charge in [0.25, 0.3) is 0 Å². The smallest absolute Gasteiger partial charge is 0.306 e. The number of hydrogen-bond acceptors (Lipinski definition) is 5. The van der Waals surface area contributed by atoms with Crippen molar-refractivity contribution < 1.29 is 18.5 Å². The molecule has 3 aromatic rings. The average molecular weight is 325 g/mol. The molecule has 1 fully saturated rings. The van der Waals surface area contributed by atoms with Gasteiger partial charge in [0.2, 0.25) is 5.76 Å². The SMILES string of the molecule is O=C(CC1CCCC1)OCc1cc(-c2cc3ccccc3o2)on1. The number of furan rings is 1. The van der Waals surface area contributed by atoms with Crippen molar-refractivity contribution in [2.75, 3.05) is 0 Å². The molecule has 5 nitrogen and oxygen atoms in total. The lowest BCUT2D eigenvalue weighted by Gasteiger charge is -2.07. The largest absolute Gasteiger partial charge is 0.459 e. The van der Waals surface area contributed by atoms with Gasteiger partial charge in [-0.3, -0.25) is 4.79 Å². The van der Waals surface area contributed by atoms with E-state index in [0.717, 1.165) is 23.8 Å². The third-order valence-corrected chi connectivity index (χ3v) is 4.54. The first-order valence-corrected chi connectivity index (χ1v) is 8.38. The molecule has 0 saturated heterocycles. The summed E-state index contributed by atoms with van der Waals surface area (Å²) in [6.07, 6.45) is 5.23. The molecule has 0 radical (unpaired) electrons. The Bertz CT molecular complexity index is 809. The van der Waals surface area contributed by atoms with E-state index < -0.39 is 0 Å². The summed E-state index contributed by atoms with van der Waals surface area (Å²) >= 11 is 0. The molecule has 124 valence electrons. The van der Waals surface area contributed by atoms with Gasteiger partial charge in [-0.15, -0.1) is 0 Å². The molecule has 0 spiro atoms. The molecule has 0 unspecified atom stereocenters. The minimum atomic E-state index is -0.157. The van der Waals surface area contributed by atoms with Gasteiger partial charge < -0.3 is 13.7 Å². The van der Waals surface area contributed by atoms with E-state index in [-0.39, 0.29) is 12.6 Å². The molecule has 0 aliphatic heterocycles. The predicted molar refractivity (Wildman–Crippen MR) is 88.1 cm³/mol. The second kappa shape index (κ2) is 6.51. The number of rotatable bonds is 5. The summed E-state index contributed by atoms with van der Waals surface area (Å²) in [6, 6.07) is 11.4. The van der Waals surface area contributed by atoms with Gasteiger partial charge >= 0.3 is 5.97 Å². The van der Waals surface area contributed by atoms with Crippen LogP contribution in [0.5, 0.6) is 0 Å². The standard InChI is InChI=1S/C19H19NO4/c21-19(9-13-5-1-2-6-13)22-12-15-11-18(24-20-15)17-10-14-7-3-4-8-16(14)23-17/h3-4,7-8,10-11,13H,1-2,5-6,9,12H2. The highest BCUT2D eigenvalue weighted by atomic mass is 16.5. The number of ether oxygens (including phenoxy) is 1. The molecule has 0 bridgehead atoms. The Hall–Kier alpha value is -2.56. The third kappa shape index (κ3) is 3.20. The summed E-state index contributed by atoms with van der Waals surface area (Å²) in [4.78, 5) is 11.9. The molecule has 24 heavy (non-hydrogen) atoms. The Morgan fingerprint density at radius 2 is 2.00 bits per heavy atom. The third-order valence-electron chi connectivity index (χ3n) is 4.54. The minimum absolute atomic E-state index is 0.134. The van der Waals surface area contributed by atoms with Crippen molar-refractivity contribution in [2.45, 2.75) is 38.7 Å². The zero-order valence-corrected chi connectivity index (χ0v) is 13.4. The van der Waals surface area contributed by atoms with Crippen LogP contribution in [0, 0.1) is 5.92 Å². The zero-order chi connectivity index (χ0) is 16.4. The lowest BCUT2D eigenvalue weighted by Crippen LogP contribution is -2.09. The Morgan fingerprint density at radius 1 is 1.17 bits per heavy atom. The Labute approximate surface area is 139 Å². The predicted octanol–water partition coefficient (Wildman–Crippen LogP) is 4.71. The summed E-state index contributed by atoms with van der Waals surface area (Å²) in [5.74, 6) is 1.48. The van der Waals surface area contributed by atoms with Gasteiger partial charge in [-0.1, -0.05) is 36.2 Å². The molecule has 2 heterocycles.